The normalized spacial score (nSPS) is 24.8. The number of halogens is 3. The maximum atomic E-state index is 15.7. The predicted octanol–water partition coefficient (Wildman–Crippen LogP) is 2.81. The number of pyridine rings is 1. The monoisotopic (exact) mass is 397 g/mol. The topological polar surface area (TPSA) is 88.2 Å². The van der Waals surface area contributed by atoms with Crippen LogP contribution in [0, 0.1) is 0 Å². The molecule has 1 aliphatic rings. The number of carbonyl (C=O) groups is 1. The second-order valence-electron chi connectivity index (χ2n) is 6.43. The highest BCUT2D eigenvalue weighted by Crippen LogP contribution is 2.44. The van der Waals surface area contributed by atoms with Crippen LogP contribution in [0.25, 0.3) is 0 Å². The van der Waals surface area contributed by atoms with Gasteiger partial charge in [0.25, 0.3) is 5.91 Å². The number of nitrogens with two attached hydrogens (primary N) is 1. The van der Waals surface area contributed by atoms with Gasteiger partial charge < -0.3 is 16.2 Å². The maximum Gasteiger partial charge on any atom is 0.262 e. The molecule has 2 atom stereocenters. The summed E-state index contributed by atoms with van der Waals surface area (Å²) in [7, 11) is 0. The summed E-state index contributed by atoms with van der Waals surface area (Å²) in [6, 6.07) is 7.89. The summed E-state index contributed by atoms with van der Waals surface area (Å²) in [6.07, 6.45) is 1.41. The summed E-state index contributed by atoms with van der Waals surface area (Å²) in [5.74, 6) is -0.794. The van der Waals surface area contributed by atoms with E-state index >= 15 is 4.39 Å². The summed E-state index contributed by atoms with van der Waals surface area (Å²) >= 11 is 11.9. The molecule has 3 rings (SSSR count). The number of nitrogens with one attached hydrogen (secondary N) is 1. The first kappa shape index (κ1) is 19.0. The molecule has 1 aliphatic carbocycles. The number of aromatic nitrogens is 1. The minimum absolute atomic E-state index is 0.0594. The average Bonchev–Trinajstić information content (AvgIpc) is 2.64. The van der Waals surface area contributed by atoms with E-state index in [1.165, 1.54) is 12.3 Å². The first-order chi connectivity index (χ1) is 12.3. The molecule has 0 saturated heterocycles. The molecular formula is C18H18Cl2FN3O2. The van der Waals surface area contributed by atoms with Crippen LogP contribution < -0.4 is 11.1 Å². The molecular weight excluding hydrogens is 380 g/mol. The van der Waals surface area contributed by atoms with Crippen LogP contribution in [0.4, 0.5) is 4.39 Å². The molecule has 0 aliphatic heterocycles. The Kier molecular flexibility index (Phi) is 5.21. The van der Waals surface area contributed by atoms with Gasteiger partial charge in [0, 0.05) is 28.4 Å². The van der Waals surface area contributed by atoms with Gasteiger partial charge in [0.05, 0.1) is 17.8 Å². The van der Waals surface area contributed by atoms with Gasteiger partial charge in [-0.3, -0.25) is 9.78 Å². The molecule has 0 saturated carbocycles. The average molecular weight is 398 g/mol. The van der Waals surface area contributed by atoms with Gasteiger partial charge in [-0.2, -0.15) is 0 Å². The van der Waals surface area contributed by atoms with E-state index in [1.54, 1.807) is 24.3 Å². The molecule has 0 spiro atoms. The van der Waals surface area contributed by atoms with Crippen LogP contribution >= 0.6 is 23.2 Å². The number of amides is 1. The molecule has 0 fully saturated rings. The SMILES string of the molecule is NC1(CO)CCC(F)(C(=O)NCc2ccc(Cl)cc2Cl)c2cccnc21. The fourth-order valence-corrected chi connectivity index (χ4v) is 3.62. The number of benzene rings is 1. The summed E-state index contributed by atoms with van der Waals surface area (Å²) < 4.78 is 15.7. The first-order valence-corrected chi connectivity index (χ1v) is 8.82. The predicted molar refractivity (Wildman–Crippen MR) is 97.5 cm³/mol. The van der Waals surface area contributed by atoms with Gasteiger partial charge in [0.15, 0.2) is 0 Å². The van der Waals surface area contributed by atoms with Crippen LogP contribution in [0.5, 0.6) is 0 Å². The number of hydrogen-bond donors (Lipinski definition) is 3. The molecule has 1 aromatic heterocycles. The van der Waals surface area contributed by atoms with E-state index in [2.05, 4.69) is 10.3 Å². The van der Waals surface area contributed by atoms with Gasteiger partial charge in [-0.15, -0.1) is 0 Å². The van der Waals surface area contributed by atoms with Crippen molar-refractivity contribution in [2.24, 2.45) is 5.73 Å². The van der Waals surface area contributed by atoms with Crippen molar-refractivity contribution >= 4 is 29.1 Å². The summed E-state index contributed by atoms with van der Waals surface area (Å²) in [5.41, 5.74) is 3.63. The molecule has 2 aromatic rings. The summed E-state index contributed by atoms with van der Waals surface area (Å²) in [6.45, 7) is -0.320. The van der Waals surface area contributed by atoms with Crippen molar-refractivity contribution in [1.82, 2.24) is 10.3 Å². The second kappa shape index (κ2) is 7.12. The Balaban J connectivity index is 1.85. The molecule has 1 amide bonds. The minimum atomic E-state index is -2.28. The van der Waals surface area contributed by atoms with Gasteiger partial charge in [0.2, 0.25) is 5.67 Å². The number of rotatable bonds is 4. The van der Waals surface area contributed by atoms with E-state index in [0.29, 0.717) is 15.6 Å². The number of hydrogen-bond acceptors (Lipinski definition) is 4. The number of aliphatic hydroxyl groups excluding tert-OH is 1. The largest absolute Gasteiger partial charge is 0.394 e. The van der Waals surface area contributed by atoms with Crippen molar-refractivity contribution in [3.63, 3.8) is 0 Å². The van der Waals surface area contributed by atoms with E-state index in [1.807, 2.05) is 0 Å². The van der Waals surface area contributed by atoms with Gasteiger partial charge in [-0.1, -0.05) is 35.3 Å². The highest BCUT2D eigenvalue weighted by Gasteiger charge is 2.50. The Morgan fingerprint density at radius 3 is 2.81 bits per heavy atom. The molecule has 2 unspecified atom stereocenters. The third-order valence-corrected chi connectivity index (χ3v) is 5.31. The van der Waals surface area contributed by atoms with Crippen LogP contribution in [0.15, 0.2) is 36.5 Å². The Morgan fingerprint density at radius 2 is 2.12 bits per heavy atom. The van der Waals surface area contributed by atoms with Crippen molar-refractivity contribution in [3.05, 3.63) is 63.4 Å². The number of nitrogens with zero attached hydrogens (tertiary/aromatic N) is 1. The molecule has 5 nitrogen and oxygen atoms in total. The van der Waals surface area contributed by atoms with Crippen LogP contribution in [0.3, 0.4) is 0 Å². The molecule has 1 heterocycles. The Bertz CT molecular complexity index is 851. The lowest BCUT2D eigenvalue weighted by atomic mass is 9.73. The van der Waals surface area contributed by atoms with E-state index in [-0.39, 0.29) is 37.3 Å². The fourth-order valence-electron chi connectivity index (χ4n) is 3.14. The zero-order valence-corrected chi connectivity index (χ0v) is 15.3. The third kappa shape index (κ3) is 3.30. The lowest BCUT2D eigenvalue weighted by molar-refractivity contribution is -0.135. The summed E-state index contributed by atoms with van der Waals surface area (Å²) in [5, 5.41) is 13.0. The number of alkyl halides is 1. The molecule has 26 heavy (non-hydrogen) atoms. The lowest BCUT2D eigenvalue weighted by Gasteiger charge is -2.39. The Morgan fingerprint density at radius 1 is 1.35 bits per heavy atom. The molecule has 138 valence electrons. The van der Waals surface area contributed by atoms with Crippen molar-refractivity contribution in [2.75, 3.05) is 6.61 Å². The van der Waals surface area contributed by atoms with Gasteiger partial charge in [-0.25, -0.2) is 4.39 Å². The van der Waals surface area contributed by atoms with Crippen LogP contribution in [-0.2, 0) is 22.5 Å². The van der Waals surface area contributed by atoms with Crippen molar-refractivity contribution in [1.29, 1.82) is 0 Å². The highest BCUT2D eigenvalue weighted by atomic mass is 35.5. The lowest BCUT2D eigenvalue weighted by Crippen LogP contribution is -2.52. The number of aliphatic hydroxyl groups is 1. The molecule has 1 aromatic carbocycles. The number of carbonyl (C=O) groups excluding carboxylic acids is 1. The van der Waals surface area contributed by atoms with Crippen LogP contribution in [0.2, 0.25) is 10.0 Å². The van der Waals surface area contributed by atoms with Crippen molar-refractivity contribution in [2.45, 2.75) is 30.6 Å². The third-order valence-electron chi connectivity index (χ3n) is 4.72. The van der Waals surface area contributed by atoms with Gasteiger partial charge in [-0.05, 0) is 36.6 Å². The standard InChI is InChI=1S/C18H18Cl2FN3O2/c19-12-4-3-11(14(20)8-12)9-24-16(26)18(21)6-5-17(22,10-25)15-13(18)2-1-7-23-15/h1-4,7-8,25H,5-6,9-10,22H2,(H,24,26). The molecule has 4 N–H and O–H groups in total. The van der Waals surface area contributed by atoms with Crippen molar-refractivity contribution in [3.8, 4) is 0 Å². The Hall–Kier alpha value is -1.73. The van der Waals surface area contributed by atoms with E-state index in [9.17, 15) is 9.90 Å². The van der Waals surface area contributed by atoms with Gasteiger partial charge >= 0.3 is 0 Å². The zero-order chi connectivity index (χ0) is 18.9. The molecule has 0 bridgehead atoms. The van der Waals surface area contributed by atoms with E-state index in [0.717, 1.165) is 0 Å². The second-order valence-corrected chi connectivity index (χ2v) is 7.28. The number of fused-ring (bicyclic) bond motifs is 1. The Labute approximate surface area is 160 Å². The summed E-state index contributed by atoms with van der Waals surface area (Å²) in [4.78, 5) is 16.8. The van der Waals surface area contributed by atoms with Crippen molar-refractivity contribution < 1.29 is 14.3 Å². The quantitative estimate of drug-likeness (QED) is 0.739. The first-order valence-electron chi connectivity index (χ1n) is 8.07. The highest BCUT2D eigenvalue weighted by molar-refractivity contribution is 6.35. The van der Waals surface area contributed by atoms with Crippen LogP contribution in [0.1, 0.15) is 29.7 Å². The molecule has 0 radical (unpaired) electrons. The smallest absolute Gasteiger partial charge is 0.262 e. The fraction of sp³-hybridized carbons (Fsp3) is 0.333. The van der Waals surface area contributed by atoms with Crippen LogP contribution in [-0.4, -0.2) is 22.6 Å². The maximum absolute atomic E-state index is 15.7. The van der Waals surface area contributed by atoms with E-state index in [4.69, 9.17) is 28.9 Å². The molecule has 8 heteroatoms. The van der Waals surface area contributed by atoms with Gasteiger partial charge in [0.1, 0.15) is 0 Å². The minimum Gasteiger partial charge on any atom is -0.394 e. The zero-order valence-electron chi connectivity index (χ0n) is 13.8. The van der Waals surface area contributed by atoms with E-state index < -0.39 is 17.1 Å².